The van der Waals surface area contributed by atoms with E-state index in [1.807, 2.05) is 37.3 Å². The highest BCUT2D eigenvalue weighted by Crippen LogP contribution is 2.26. The van der Waals surface area contributed by atoms with E-state index in [0.29, 0.717) is 12.8 Å². The first-order valence-corrected chi connectivity index (χ1v) is 7.70. The quantitative estimate of drug-likeness (QED) is 0.875. The number of hydrogen-bond acceptors (Lipinski definition) is 2. The maximum absolute atomic E-state index is 12.4. The van der Waals surface area contributed by atoms with Gasteiger partial charge in [0.25, 0.3) is 0 Å². The van der Waals surface area contributed by atoms with Crippen molar-refractivity contribution >= 4 is 11.9 Å². The minimum Gasteiger partial charge on any atom is -0.481 e. The predicted octanol–water partition coefficient (Wildman–Crippen LogP) is 2.94. The van der Waals surface area contributed by atoms with Crippen molar-refractivity contribution in [1.29, 1.82) is 0 Å². The molecule has 0 heterocycles. The Kier molecular flexibility index (Phi) is 5.37. The number of carbonyl (C=O) groups is 2. The second kappa shape index (κ2) is 7.25. The summed E-state index contributed by atoms with van der Waals surface area (Å²) in [6.07, 6.45) is 3.59. The van der Waals surface area contributed by atoms with Gasteiger partial charge in [-0.2, -0.15) is 0 Å². The fraction of sp³-hybridized carbons (Fsp3) is 0.529. The molecule has 4 nitrogen and oxygen atoms in total. The molecule has 2 rings (SSSR count). The normalized spacial score (nSPS) is 23.3. The van der Waals surface area contributed by atoms with Gasteiger partial charge in [-0.25, -0.2) is 0 Å². The molecule has 1 unspecified atom stereocenters. The fourth-order valence-electron chi connectivity index (χ4n) is 3.04. The number of carboxylic acids is 1. The zero-order valence-electron chi connectivity index (χ0n) is 12.4. The molecule has 0 bridgehead atoms. The van der Waals surface area contributed by atoms with E-state index < -0.39 is 5.97 Å². The van der Waals surface area contributed by atoms with Crippen LogP contribution < -0.4 is 5.32 Å². The number of hydrogen-bond donors (Lipinski definition) is 2. The number of rotatable bonds is 5. The number of nitrogens with one attached hydrogen (secondary N) is 1. The molecule has 0 saturated heterocycles. The van der Waals surface area contributed by atoms with Crippen molar-refractivity contribution in [2.45, 2.75) is 51.0 Å². The van der Waals surface area contributed by atoms with Crippen molar-refractivity contribution < 1.29 is 14.7 Å². The second-order valence-electron chi connectivity index (χ2n) is 5.77. The van der Waals surface area contributed by atoms with Crippen LogP contribution in [-0.2, 0) is 9.59 Å². The summed E-state index contributed by atoms with van der Waals surface area (Å²) in [4.78, 5) is 23.4. The van der Waals surface area contributed by atoms with E-state index in [1.54, 1.807) is 0 Å². The molecular formula is C17H23NO3. The van der Waals surface area contributed by atoms with E-state index >= 15 is 0 Å². The number of carboxylic acid groups (broad SMARTS) is 1. The van der Waals surface area contributed by atoms with Crippen LogP contribution in [0, 0.1) is 5.92 Å². The van der Waals surface area contributed by atoms with Gasteiger partial charge in [-0.05, 0) is 37.7 Å². The van der Waals surface area contributed by atoms with Gasteiger partial charge in [-0.3, -0.25) is 9.59 Å². The van der Waals surface area contributed by atoms with E-state index in [4.69, 9.17) is 5.11 Å². The number of amides is 1. The molecule has 1 fully saturated rings. The molecule has 1 aromatic rings. The highest BCUT2D eigenvalue weighted by molar-refractivity contribution is 5.83. The summed E-state index contributed by atoms with van der Waals surface area (Å²) < 4.78 is 0. The Morgan fingerprint density at radius 1 is 1.19 bits per heavy atom. The second-order valence-corrected chi connectivity index (χ2v) is 5.77. The molecule has 1 aliphatic carbocycles. The minimum atomic E-state index is -0.713. The first-order valence-electron chi connectivity index (χ1n) is 7.70. The van der Waals surface area contributed by atoms with Gasteiger partial charge in [-0.1, -0.05) is 37.3 Å². The van der Waals surface area contributed by atoms with Crippen LogP contribution >= 0.6 is 0 Å². The van der Waals surface area contributed by atoms with Crippen LogP contribution in [0.3, 0.4) is 0 Å². The first-order chi connectivity index (χ1) is 10.1. The van der Waals surface area contributed by atoms with E-state index in [1.165, 1.54) is 0 Å². The Labute approximate surface area is 125 Å². The zero-order valence-corrected chi connectivity index (χ0v) is 12.4. The third-order valence-corrected chi connectivity index (χ3v) is 4.35. The average molecular weight is 289 g/mol. The van der Waals surface area contributed by atoms with Gasteiger partial charge >= 0.3 is 5.97 Å². The summed E-state index contributed by atoms with van der Waals surface area (Å²) in [5, 5.41) is 12.1. The van der Waals surface area contributed by atoms with Gasteiger partial charge in [0.05, 0.1) is 11.8 Å². The van der Waals surface area contributed by atoms with Crippen LogP contribution in [-0.4, -0.2) is 23.0 Å². The van der Waals surface area contributed by atoms with Crippen molar-refractivity contribution in [2.75, 3.05) is 0 Å². The van der Waals surface area contributed by atoms with Crippen molar-refractivity contribution in [3.63, 3.8) is 0 Å². The maximum Gasteiger partial charge on any atom is 0.306 e. The Bertz CT molecular complexity index is 478. The molecule has 1 aliphatic rings. The molecule has 1 atom stereocenters. The van der Waals surface area contributed by atoms with Crippen molar-refractivity contribution in [1.82, 2.24) is 5.32 Å². The third kappa shape index (κ3) is 4.06. The number of benzene rings is 1. The van der Waals surface area contributed by atoms with E-state index in [2.05, 4.69) is 5.32 Å². The standard InChI is InChI=1S/C17H23NO3/c1-2-15(12-6-4-3-5-7-12)16(19)18-14-10-8-13(9-11-14)17(20)21/h3-7,13-15H,2,8-11H2,1H3,(H,18,19)(H,20,21). The maximum atomic E-state index is 12.4. The largest absolute Gasteiger partial charge is 0.481 e. The van der Waals surface area contributed by atoms with Crippen LogP contribution in [0.15, 0.2) is 30.3 Å². The third-order valence-electron chi connectivity index (χ3n) is 4.35. The summed E-state index contributed by atoms with van der Waals surface area (Å²) in [6, 6.07) is 9.92. The van der Waals surface area contributed by atoms with Gasteiger partial charge < -0.3 is 10.4 Å². The molecule has 1 amide bonds. The van der Waals surface area contributed by atoms with Crippen molar-refractivity contribution in [2.24, 2.45) is 5.92 Å². The Morgan fingerprint density at radius 2 is 1.81 bits per heavy atom. The molecule has 0 spiro atoms. The molecule has 0 aliphatic heterocycles. The molecule has 21 heavy (non-hydrogen) atoms. The van der Waals surface area contributed by atoms with Gasteiger partial charge in [0.15, 0.2) is 0 Å². The summed E-state index contributed by atoms with van der Waals surface area (Å²) >= 11 is 0. The molecule has 4 heteroatoms. The zero-order chi connectivity index (χ0) is 15.2. The van der Waals surface area contributed by atoms with Gasteiger partial charge in [0.2, 0.25) is 5.91 Å². The van der Waals surface area contributed by atoms with Crippen LogP contribution in [0.1, 0.15) is 50.5 Å². The minimum absolute atomic E-state index is 0.0578. The molecule has 2 N–H and O–H groups in total. The van der Waals surface area contributed by atoms with Crippen LogP contribution in [0.25, 0.3) is 0 Å². The lowest BCUT2D eigenvalue weighted by Gasteiger charge is -2.28. The molecule has 0 radical (unpaired) electrons. The number of aliphatic carboxylic acids is 1. The van der Waals surface area contributed by atoms with E-state index in [0.717, 1.165) is 24.8 Å². The summed E-state index contributed by atoms with van der Waals surface area (Å²) in [5.41, 5.74) is 1.04. The number of carbonyl (C=O) groups excluding carboxylic acids is 1. The first kappa shape index (κ1) is 15.5. The molecule has 1 saturated carbocycles. The molecule has 0 aromatic heterocycles. The van der Waals surface area contributed by atoms with Crippen LogP contribution in [0.5, 0.6) is 0 Å². The topological polar surface area (TPSA) is 66.4 Å². The van der Waals surface area contributed by atoms with E-state index in [-0.39, 0.29) is 23.8 Å². The highest BCUT2D eigenvalue weighted by Gasteiger charge is 2.28. The SMILES string of the molecule is CCC(C(=O)NC1CCC(C(=O)O)CC1)c1ccccc1. The monoisotopic (exact) mass is 289 g/mol. The van der Waals surface area contributed by atoms with Gasteiger partial charge in [0, 0.05) is 6.04 Å². The summed E-state index contributed by atoms with van der Waals surface area (Å²) in [6.45, 7) is 2.01. The molecule has 114 valence electrons. The van der Waals surface area contributed by atoms with Crippen LogP contribution in [0.4, 0.5) is 0 Å². The Morgan fingerprint density at radius 3 is 2.33 bits per heavy atom. The highest BCUT2D eigenvalue weighted by atomic mass is 16.4. The smallest absolute Gasteiger partial charge is 0.306 e. The van der Waals surface area contributed by atoms with Gasteiger partial charge in [-0.15, -0.1) is 0 Å². The molecular weight excluding hydrogens is 266 g/mol. The summed E-state index contributed by atoms with van der Waals surface area (Å²) in [7, 11) is 0. The molecule has 1 aromatic carbocycles. The Balaban J connectivity index is 1.91. The fourth-order valence-corrected chi connectivity index (χ4v) is 3.04. The lowest BCUT2D eigenvalue weighted by Crippen LogP contribution is -2.41. The Hall–Kier alpha value is -1.84. The lowest BCUT2D eigenvalue weighted by atomic mass is 9.85. The predicted molar refractivity (Wildman–Crippen MR) is 81.0 cm³/mol. The van der Waals surface area contributed by atoms with Crippen molar-refractivity contribution in [3.8, 4) is 0 Å². The van der Waals surface area contributed by atoms with E-state index in [9.17, 15) is 9.59 Å². The van der Waals surface area contributed by atoms with Crippen LogP contribution in [0.2, 0.25) is 0 Å². The lowest BCUT2D eigenvalue weighted by molar-refractivity contribution is -0.142. The van der Waals surface area contributed by atoms with Crippen molar-refractivity contribution in [3.05, 3.63) is 35.9 Å². The van der Waals surface area contributed by atoms with Gasteiger partial charge in [0.1, 0.15) is 0 Å². The average Bonchev–Trinajstić information content (AvgIpc) is 2.49. The summed E-state index contributed by atoms with van der Waals surface area (Å²) in [5.74, 6) is -1.02.